The highest BCUT2D eigenvalue weighted by Gasteiger charge is 2.07. The Labute approximate surface area is 115 Å². The molecule has 0 heterocycles. The van der Waals surface area contributed by atoms with Gasteiger partial charge in [0.25, 0.3) is 0 Å². The quantitative estimate of drug-likeness (QED) is 0.857. The molecular formula is C15H15BrO2. The Morgan fingerprint density at radius 3 is 2.39 bits per heavy atom. The topological polar surface area (TPSA) is 29.5 Å². The zero-order chi connectivity index (χ0) is 12.8. The average Bonchev–Trinajstić information content (AvgIpc) is 2.46. The van der Waals surface area contributed by atoms with Gasteiger partial charge in [0.05, 0.1) is 6.10 Å². The molecule has 3 heteroatoms. The van der Waals surface area contributed by atoms with Crippen molar-refractivity contribution in [3.63, 3.8) is 0 Å². The average molecular weight is 307 g/mol. The molecule has 1 unspecified atom stereocenters. The van der Waals surface area contributed by atoms with Crippen LogP contribution in [0.4, 0.5) is 0 Å². The minimum Gasteiger partial charge on any atom is -0.490 e. The summed E-state index contributed by atoms with van der Waals surface area (Å²) in [5, 5.41) is 10.0. The molecule has 18 heavy (non-hydrogen) atoms. The summed E-state index contributed by atoms with van der Waals surface area (Å²) >= 11 is 3.22. The SMILES string of the molecule is OC(CBr)COc1ccccc1-c1ccccc1. The first kappa shape index (κ1) is 13.1. The molecule has 1 atom stereocenters. The molecule has 0 radical (unpaired) electrons. The second kappa shape index (κ2) is 6.57. The molecule has 0 aliphatic rings. The number of benzene rings is 2. The molecule has 0 saturated heterocycles. The minimum absolute atomic E-state index is 0.287. The number of aliphatic hydroxyl groups is 1. The maximum absolute atomic E-state index is 9.51. The van der Waals surface area contributed by atoms with E-state index in [1.165, 1.54) is 0 Å². The van der Waals surface area contributed by atoms with Crippen LogP contribution < -0.4 is 4.74 Å². The molecule has 0 aliphatic carbocycles. The lowest BCUT2D eigenvalue weighted by Gasteiger charge is -2.13. The largest absolute Gasteiger partial charge is 0.490 e. The van der Waals surface area contributed by atoms with E-state index in [1.54, 1.807) is 0 Å². The monoisotopic (exact) mass is 306 g/mol. The fourth-order valence-electron chi connectivity index (χ4n) is 1.68. The summed E-state index contributed by atoms with van der Waals surface area (Å²) < 4.78 is 5.66. The number of halogens is 1. The van der Waals surface area contributed by atoms with Crippen molar-refractivity contribution in [1.29, 1.82) is 0 Å². The Hall–Kier alpha value is -1.32. The van der Waals surface area contributed by atoms with E-state index in [0.29, 0.717) is 5.33 Å². The Kier molecular flexibility index (Phi) is 4.79. The van der Waals surface area contributed by atoms with Gasteiger partial charge >= 0.3 is 0 Å². The van der Waals surface area contributed by atoms with Gasteiger partial charge in [-0.25, -0.2) is 0 Å². The van der Waals surface area contributed by atoms with Crippen LogP contribution in [-0.2, 0) is 0 Å². The zero-order valence-electron chi connectivity index (χ0n) is 9.92. The standard InChI is InChI=1S/C15H15BrO2/c16-10-13(17)11-18-15-9-5-4-8-14(15)12-6-2-1-3-7-12/h1-9,13,17H,10-11H2. The summed E-state index contributed by atoms with van der Waals surface area (Å²) in [5.74, 6) is 0.795. The third-order valence-electron chi connectivity index (χ3n) is 2.58. The highest BCUT2D eigenvalue weighted by atomic mass is 79.9. The third-order valence-corrected chi connectivity index (χ3v) is 3.33. The lowest BCUT2D eigenvalue weighted by Crippen LogP contribution is -2.18. The van der Waals surface area contributed by atoms with Gasteiger partial charge in [-0.3, -0.25) is 0 Å². The van der Waals surface area contributed by atoms with Crippen molar-refractivity contribution >= 4 is 15.9 Å². The van der Waals surface area contributed by atoms with E-state index < -0.39 is 6.10 Å². The van der Waals surface area contributed by atoms with Gasteiger partial charge in [0, 0.05) is 10.9 Å². The van der Waals surface area contributed by atoms with Gasteiger partial charge in [0.2, 0.25) is 0 Å². The number of rotatable bonds is 5. The van der Waals surface area contributed by atoms with Gasteiger partial charge in [0.1, 0.15) is 12.4 Å². The molecule has 0 aliphatic heterocycles. The van der Waals surface area contributed by atoms with Crippen molar-refractivity contribution in [3.8, 4) is 16.9 Å². The molecule has 2 rings (SSSR count). The van der Waals surface area contributed by atoms with Crippen molar-refractivity contribution in [2.75, 3.05) is 11.9 Å². The van der Waals surface area contributed by atoms with Crippen LogP contribution in [0.25, 0.3) is 11.1 Å². The summed E-state index contributed by atoms with van der Waals surface area (Å²) in [6, 6.07) is 17.9. The first-order valence-corrected chi connectivity index (χ1v) is 6.94. The molecule has 0 saturated carbocycles. The van der Waals surface area contributed by atoms with E-state index in [4.69, 9.17) is 4.74 Å². The highest BCUT2D eigenvalue weighted by molar-refractivity contribution is 9.09. The van der Waals surface area contributed by atoms with Crippen molar-refractivity contribution in [1.82, 2.24) is 0 Å². The van der Waals surface area contributed by atoms with E-state index in [1.807, 2.05) is 54.6 Å². The van der Waals surface area contributed by atoms with Gasteiger partial charge < -0.3 is 9.84 Å². The predicted molar refractivity (Wildman–Crippen MR) is 77.2 cm³/mol. The number of alkyl halides is 1. The van der Waals surface area contributed by atoms with Crippen molar-refractivity contribution in [3.05, 3.63) is 54.6 Å². The Balaban J connectivity index is 2.21. The van der Waals surface area contributed by atoms with Gasteiger partial charge in [-0.15, -0.1) is 0 Å². The first-order chi connectivity index (χ1) is 8.81. The summed E-state index contributed by atoms with van der Waals surface area (Å²) in [4.78, 5) is 0. The number of ether oxygens (including phenoxy) is 1. The first-order valence-electron chi connectivity index (χ1n) is 5.82. The fraction of sp³-hybridized carbons (Fsp3) is 0.200. The van der Waals surface area contributed by atoms with Crippen molar-refractivity contribution in [2.24, 2.45) is 0 Å². The van der Waals surface area contributed by atoms with Crippen LogP contribution in [0.15, 0.2) is 54.6 Å². The van der Waals surface area contributed by atoms with Crippen molar-refractivity contribution in [2.45, 2.75) is 6.10 Å². The maximum Gasteiger partial charge on any atom is 0.127 e. The van der Waals surface area contributed by atoms with E-state index >= 15 is 0 Å². The van der Waals surface area contributed by atoms with Crippen LogP contribution in [0, 0.1) is 0 Å². The molecule has 0 bridgehead atoms. The van der Waals surface area contributed by atoms with Crippen molar-refractivity contribution < 1.29 is 9.84 Å². The molecule has 2 aromatic carbocycles. The molecular weight excluding hydrogens is 292 g/mol. The van der Waals surface area contributed by atoms with Crippen LogP contribution in [0.3, 0.4) is 0 Å². The van der Waals surface area contributed by atoms with E-state index in [2.05, 4.69) is 15.9 Å². The third kappa shape index (κ3) is 3.34. The molecule has 0 fully saturated rings. The zero-order valence-corrected chi connectivity index (χ0v) is 11.5. The lowest BCUT2D eigenvalue weighted by atomic mass is 10.1. The van der Waals surface area contributed by atoms with Crippen LogP contribution in [0.5, 0.6) is 5.75 Å². The van der Waals surface area contributed by atoms with E-state index in [0.717, 1.165) is 16.9 Å². The van der Waals surface area contributed by atoms with E-state index in [9.17, 15) is 5.11 Å². The maximum atomic E-state index is 9.51. The van der Waals surface area contributed by atoms with Crippen LogP contribution in [-0.4, -0.2) is 23.1 Å². The summed E-state index contributed by atoms with van der Waals surface area (Å²) in [5.41, 5.74) is 2.15. The lowest BCUT2D eigenvalue weighted by molar-refractivity contribution is 0.127. The molecule has 0 spiro atoms. The Morgan fingerprint density at radius 1 is 1.00 bits per heavy atom. The Morgan fingerprint density at radius 2 is 1.67 bits per heavy atom. The number of hydrogen-bond donors (Lipinski definition) is 1. The normalized spacial score (nSPS) is 12.1. The second-order valence-electron chi connectivity index (χ2n) is 3.98. The molecule has 0 amide bonds. The highest BCUT2D eigenvalue weighted by Crippen LogP contribution is 2.29. The summed E-state index contributed by atoms with van der Waals surface area (Å²) in [6.45, 7) is 0.287. The number of hydrogen-bond acceptors (Lipinski definition) is 2. The van der Waals surface area contributed by atoms with Crippen LogP contribution >= 0.6 is 15.9 Å². The van der Waals surface area contributed by atoms with Crippen LogP contribution in [0.1, 0.15) is 0 Å². The molecule has 2 aromatic rings. The second-order valence-corrected chi connectivity index (χ2v) is 4.63. The molecule has 94 valence electrons. The van der Waals surface area contributed by atoms with Gasteiger partial charge in [-0.2, -0.15) is 0 Å². The minimum atomic E-state index is -0.492. The number of para-hydroxylation sites is 1. The number of aliphatic hydroxyl groups excluding tert-OH is 1. The van der Waals surface area contributed by atoms with E-state index in [-0.39, 0.29) is 6.61 Å². The molecule has 1 N–H and O–H groups in total. The summed E-state index contributed by atoms with van der Waals surface area (Å²) in [7, 11) is 0. The van der Waals surface area contributed by atoms with Gasteiger partial charge in [-0.1, -0.05) is 64.5 Å². The van der Waals surface area contributed by atoms with Gasteiger partial charge in [0.15, 0.2) is 0 Å². The van der Waals surface area contributed by atoms with Gasteiger partial charge in [-0.05, 0) is 11.6 Å². The fourth-order valence-corrected chi connectivity index (χ4v) is 1.87. The summed E-state index contributed by atoms with van der Waals surface area (Å²) in [6.07, 6.45) is -0.492. The predicted octanol–water partition coefficient (Wildman–Crippen LogP) is 3.49. The molecule has 0 aromatic heterocycles. The van der Waals surface area contributed by atoms with Crippen LogP contribution in [0.2, 0.25) is 0 Å². The smallest absolute Gasteiger partial charge is 0.127 e. The Bertz CT molecular complexity index is 485. The molecule has 2 nitrogen and oxygen atoms in total.